The van der Waals surface area contributed by atoms with Gasteiger partial charge < -0.3 is 10.2 Å². The second-order valence-corrected chi connectivity index (χ2v) is 13.0. The van der Waals surface area contributed by atoms with Crippen LogP contribution < -0.4 is 9.62 Å². The van der Waals surface area contributed by atoms with E-state index < -0.39 is 28.5 Å². The lowest BCUT2D eigenvalue weighted by Crippen LogP contribution is -2.51. The summed E-state index contributed by atoms with van der Waals surface area (Å²) in [4.78, 5) is 28.3. The Morgan fingerprint density at radius 1 is 0.900 bits per heavy atom. The summed E-state index contributed by atoms with van der Waals surface area (Å²) in [6, 6.07) is 16.6. The van der Waals surface area contributed by atoms with Crippen molar-refractivity contribution in [2.75, 3.05) is 17.4 Å². The van der Waals surface area contributed by atoms with Crippen molar-refractivity contribution in [3.8, 4) is 0 Å². The molecular formula is C29H32Cl3N3O4S. The molecule has 1 atom stereocenters. The number of halogens is 3. The third-order valence-corrected chi connectivity index (χ3v) is 8.72. The van der Waals surface area contributed by atoms with Crippen molar-refractivity contribution in [2.45, 2.75) is 45.2 Å². The summed E-state index contributed by atoms with van der Waals surface area (Å²) in [5.74, 6) is -0.773. The molecule has 2 amide bonds. The average Bonchev–Trinajstić information content (AvgIpc) is 2.90. The number of carbonyl (C=O) groups excluding carboxylic acids is 2. The van der Waals surface area contributed by atoms with Gasteiger partial charge in [0.25, 0.3) is 10.0 Å². The number of nitrogens with zero attached hydrogens (tertiary/aromatic N) is 2. The molecule has 0 spiro atoms. The number of nitrogens with one attached hydrogen (secondary N) is 1. The summed E-state index contributed by atoms with van der Waals surface area (Å²) in [7, 11) is -4.26. The smallest absolute Gasteiger partial charge is 0.264 e. The van der Waals surface area contributed by atoms with Crippen LogP contribution in [0.4, 0.5) is 5.69 Å². The van der Waals surface area contributed by atoms with Crippen molar-refractivity contribution >= 4 is 62.3 Å². The van der Waals surface area contributed by atoms with Crippen LogP contribution in [-0.2, 0) is 26.2 Å². The molecule has 7 nitrogen and oxygen atoms in total. The molecule has 0 unspecified atom stereocenters. The number of hydrogen-bond acceptors (Lipinski definition) is 4. The molecule has 0 heterocycles. The van der Waals surface area contributed by atoms with Gasteiger partial charge in [-0.1, -0.05) is 78.5 Å². The Morgan fingerprint density at radius 2 is 1.55 bits per heavy atom. The van der Waals surface area contributed by atoms with Gasteiger partial charge >= 0.3 is 0 Å². The van der Waals surface area contributed by atoms with E-state index in [1.165, 1.54) is 35.2 Å². The zero-order valence-electron chi connectivity index (χ0n) is 22.7. The standard InChI is InChI=1S/C29H32Cl3N3O4S/c1-19(2)16-33-29(37)21(4)34(17-22-6-5-7-23(30)14-22)28(36)18-35(27-15-24(31)10-13-26(27)32)40(38,39)25-11-8-20(3)9-12-25/h5-15,19,21H,16-18H2,1-4H3,(H,33,37)/t21-/m1/s1. The Balaban J connectivity index is 2.06. The second-order valence-electron chi connectivity index (χ2n) is 9.89. The first-order valence-electron chi connectivity index (χ1n) is 12.7. The topological polar surface area (TPSA) is 86.8 Å². The van der Waals surface area contributed by atoms with E-state index >= 15 is 0 Å². The fraction of sp³-hybridized carbons (Fsp3) is 0.310. The zero-order chi connectivity index (χ0) is 29.6. The summed E-state index contributed by atoms with van der Waals surface area (Å²) >= 11 is 18.8. The highest BCUT2D eigenvalue weighted by Crippen LogP contribution is 2.33. The average molecular weight is 625 g/mol. The van der Waals surface area contributed by atoms with Gasteiger partial charge in [0.15, 0.2) is 0 Å². The lowest BCUT2D eigenvalue weighted by atomic mass is 10.1. The van der Waals surface area contributed by atoms with Crippen LogP contribution in [0.3, 0.4) is 0 Å². The minimum Gasteiger partial charge on any atom is -0.354 e. The fourth-order valence-corrected chi connectivity index (χ4v) is 5.97. The SMILES string of the molecule is Cc1ccc(S(=O)(=O)N(CC(=O)N(Cc2cccc(Cl)c2)[C@H](C)C(=O)NCC(C)C)c2cc(Cl)ccc2Cl)cc1. The largest absolute Gasteiger partial charge is 0.354 e. The summed E-state index contributed by atoms with van der Waals surface area (Å²) in [5.41, 5.74) is 1.59. The molecule has 3 aromatic carbocycles. The molecule has 214 valence electrons. The van der Waals surface area contributed by atoms with E-state index in [1.807, 2.05) is 20.8 Å². The third-order valence-electron chi connectivity index (χ3n) is 6.16. The molecule has 0 radical (unpaired) electrons. The highest BCUT2D eigenvalue weighted by Gasteiger charge is 2.33. The quantitative estimate of drug-likeness (QED) is 0.270. The number of aryl methyl sites for hydroxylation is 1. The van der Waals surface area contributed by atoms with Crippen molar-refractivity contribution in [2.24, 2.45) is 5.92 Å². The monoisotopic (exact) mass is 623 g/mol. The number of sulfonamides is 1. The van der Waals surface area contributed by atoms with Gasteiger partial charge in [-0.25, -0.2) is 8.42 Å². The lowest BCUT2D eigenvalue weighted by Gasteiger charge is -2.32. The zero-order valence-corrected chi connectivity index (χ0v) is 25.8. The number of carbonyl (C=O) groups is 2. The van der Waals surface area contributed by atoms with Gasteiger partial charge in [-0.15, -0.1) is 0 Å². The van der Waals surface area contributed by atoms with Crippen molar-refractivity contribution in [3.63, 3.8) is 0 Å². The summed E-state index contributed by atoms with van der Waals surface area (Å²) in [5, 5.41) is 3.65. The molecule has 0 aliphatic carbocycles. The van der Waals surface area contributed by atoms with Crippen molar-refractivity contribution in [3.05, 3.63) is 92.9 Å². The predicted octanol–water partition coefficient (Wildman–Crippen LogP) is 6.34. The molecule has 0 saturated heterocycles. The lowest BCUT2D eigenvalue weighted by molar-refractivity contribution is -0.139. The Kier molecular flexibility index (Phi) is 10.9. The molecule has 1 N–H and O–H groups in total. The van der Waals surface area contributed by atoms with Crippen molar-refractivity contribution in [1.82, 2.24) is 10.2 Å². The molecule has 0 aromatic heterocycles. The van der Waals surface area contributed by atoms with E-state index in [1.54, 1.807) is 43.3 Å². The molecular weight excluding hydrogens is 593 g/mol. The molecule has 3 aromatic rings. The molecule has 11 heteroatoms. The maximum absolute atomic E-state index is 14.0. The molecule has 0 bridgehead atoms. The van der Waals surface area contributed by atoms with Crippen LogP contribution in [0.5, 0.6) is 0 Å². The Bertz CT molecular complexity index is 1460. The van der Waals surface area contributed by atoms with Gasteiger partial charge in [0, 0.05) is 23.1 Å². The highest BCUT2D eigenvalue weighted by molar-refractivity contribution is 7.92. The van der Waals surface area contributed by atoms with E-state index in [2.05, 4.69) is 5.32 Å². The van der Waals surface area contributed by atoms with Crippen LogP contribution in [0, 0.1) is 12.8 Å². The first-order valence-corrected chi connectivity index (χ1v) is 15.2. The predicted molar refractivity (Wildman–Crippen MR) is 161 cm³/mol. The van der Waals surface area contributed by atoms with Gasteiger partial charge in [0.2, 0.25) is 11.8 Å². The maximum Gasteiger partial charge on any atom is 0.264 e. The normalized spacial score (nSPS) is 12.2. The van der Waals surface area contributed by atoms with Crippen LogP contribution in [0.15, 0.2) is 71.6 Å². The number of amides is 2. The molecule has 0 fully saturated rings. The molecule has 0 aliphatic rings. The van der Waals surface area contributed by atoms with Crippen LogP contribution in [0.2, 0.25) is 15.1 Å². The van der Waals surface area contributed by atoms with Gasteiger partial charge in [0.05, 0.1) is 15.6 Å². The van der Waals surface area contributed by atoms with Gasteiger partial charge in [-0.3, -0.25) is 13.9 Å². The van der Waals surface area contributed by atoms with Crippen LogP contribution in [0.1, 0.15) is 31.9 Å². The summed E-state index contributed by atoms with van der Waals surface area (Å²) in [6.45, 7) is 7.18. The van der Waals surface area contributed by atoms with E-state index in [9.17, 15) is 18.0 Å². The molecule has 0 aliphatic heterocycles. The van der Waals surface area contributed by atoms with Crippen molar-refractivity contribution in [1.29, 1.82) is 0 Å². The van der Waals surface area contributed by atoms with Crippen molar-refractivity contribution < 1.29 is 18.0 Å². The summed E-state index contributed by atoms with van der Waals surface area (Å²) < 4.78 is 28.7. The number of benzene rings is 3. The molecule has 40 heavy (non-hydrogen) atoms. The molecule has 0 saturated carbocycles. The summed E-state index contributed by atoms with van der Waals surface area (Å²) in [6.07, 6.45) is 0. The van der Waals surface area contributed by atoms with E-state index in [4.69, 9.17) is 34.8 Å². The van der Waals surface area contributed by atoms with Gasteiger partial charge in [-0.2, -0.15) is 0 Å². The minimum absolute atomic E-state index is 0.0222. The second kappa shape index (κ2) is 13.7. The van der Waals surface area contributed by atoms with E-state index in [0.717, 1.165) is 9.87 Å². The van der Waals surface area contributed by atoms with Crippen LogP contribution in [-0.4, -0.2) is 44.3 Å². The molecule has 3 rings (SSSR count). The van der Waals surface area contributed by atoms with Crippen LogP contribution >= 0.6 is 34.8 Å². The fourth-order valence-electron chi connectivity index (χ4n) is 3.89. The maximum atomic E-state index is 14.0. The Labute approximate surface area is 251 Å². The first kappa shape index (κ1) is 31.7. The minimum atomic E-state index is -4.26. The van der Waals surface area contributed by atoms with Gasteiger partial charge in [0.1, 0.15) is 12.6 Å². The van der Waals surface area contributed by atoms with E-state index in [0.29, 0.717) is 17.1 Å². The first-order chi connectivity index (χ1) is 18.8. The van der Waals surface area contributed by atoms with Crippen LogP contribution in [0.25, 0.3) is 0 Å². The Hall–Kier alpha value is -2.78. The number of rotatable bonds is 11. The highest BCUT2D eigenvalue weighted by atomic mass is 35.5. The number of anilines is 1. The Morgan fingerprint density at radius 3 is 2.17 bits per heavy atom. The van der Waals surface area contributed by atoms with E-state index in [-0.39, 0.29) is 39.0 Å². The number of hydrogen-bond donors (Lipinski definition) is 1. The third kappa shape index (κ3) is 8.13. The van der Waals surface area contributed by atoms with Gasteiger partial charge in [-0.05, 0) is 67.8 Å².